The van der Waals surface area contributed by atoms with Gasteiger partial charge in [-0.1, -0.05) is 11.6 Å². The molecule has 1 saturated carbocycles. The first-order chi connectivity index (χ1) is 17.2. The van der Waals surface area contributed by atoms with E-state index in [1.807, 2.05) is 0 Å². The maximum Gasteiger partial charge on any atom is 0.282 e. The number of H-pyrrole nitrogens is 1. The van der Waals surface area contributed by atoms with Crippen LogP contribution in [0.2, 0.25) is 5.02 Å². The number of nitrogens with one attached hydrogen (secondary N) is 3. The van der Waals surface area contributed by atoms with Crippen LogP contribution in [-0.2, 0) is 7.05 Å². The number of aromatic nitrogens is 4. The monoisotopic (exact) mass is 536 g/mol. The number of alkyl halides is 2. The number of rotatable bonds is 8. The number of aryl methyl sites for hydroxylation is 1. The number of benzene rings is 1. The van der Waals surface area contributed by atoms with Gasteiger partial charge in [0.25, 0.3) is 18.2 Å². The van der Waals surface area contributed by atoms with Crippen LogP contribution in [0.25, 0.3) is 10.2 Å². The molecule has 0 spiro atoms. The van der Waals surface area contributed by atoms with E-state index in [9.17, 15) is 22.8 Å². The molecule has 3 N–H and O–H groups in total. The third-order valence-corrected chi connectivity index (χ3v) is 7.30. The number of carbonyl (C=O) groups excluding carboxylic acids is 2. The first kappa shape index (κ1) is 24.3. The number of hydrogen-bond donors (Lipinski definition) is 3. The summed E-state index contributed by atoms with van der Waals surface area (Å²) in [7, 11) is 1.52. The fraction of sp³-hybridized carbons (Fsp3) is 0.304. The number of carbonyl (C=O) groups is 2. The summed E-state index contributed by atoms with van der Waals surface area (Å²) in [4.78, 5) is 26.4. The van der Waals surface area contributed by atoms with Gasteiger partial charge >= 0.3 is 0 Å². The van der Waals surface area contributed by atoms with E-state index < -0.39 is 35.8 Å². The van der Waals surface area contributed by atoms with Crippen molar-refractivity contribution in [3.8, 4) is 0 Å². The van der Waals surface area contributed by atoms with Gasteiger partial charge in [0.2, 0.25) is 0 Å². The summed E-state index contributed by atoms with van der Waals surface area (Å²) < 4.78 is 41.9. The number of halogens is 4. The van der Waals surface area contributed by atoms with E-state index in [1.165, 1.54) is 29.9 Å². The number of nitrogens with zero attached hydrogens (tertiary/aromatic N) is 3. The predicted molar refractivity (Wildman–Crippen MR) is 128 cm³/mol. The second-order valence-corrected chi connectivity index (χ2v) is 10.0. The molecule has 1 aliphatic carbocycles. The topological polar surface area (TPSA) is 105 Å². The normalized spacial score (nSPS) is 14.4. The molecule has 1 unspecified atom stereocenters. The van der Waals surface area contributed by atoms with Gasteiger partial charge in [0, 0.05) is 35.6 Å². The third kappa shape index (κ3) is 4.96. The van der Waals surface area contributed by atoms with Gasteiger partial charge in [0.05, 0.1) is 10.9 Å². The van der Waals surface area contributed by atoms with E-state index in [0.29, 0.717) is 16.3 Å². The smallest absolute Gasteiger partial charge is 0.282 e. The molecule has 0 radical (unpaired) electrons. The lowest BCUT2D eigenvalue weighted by Crippen LogP contribution is -2.38. The van der Waals surface area contributed by atoms with Crippen LogP contribution in [0.3, 0.4) is 0 Å². The highest BCUT2D eigenvalue weighted by atomic mass is 35.5. The Labute approximate surface area is 211 Å². The molecule has 3 aromatic heterocycles. The minimum Gasteiger partial charge on any atom is -0.349 e. The molecule has 0 aliphatic heterocycles. The van der Waals surface area contributed by atoms with Crippen molar-refractivity contribution in [3.05, 3.63) is 68.7 Å². The first-order valence-electron chi connectivity index (χ1n) is 11.0. The van der Waals surface area contributed by atoms with Crippen molar-refractivity contribution in [2.75, 3.05) is 6.54 Å². The van der Waals surface area contributed by atoms with E-state index in [0.717, 1.165) is 35.9 Å². The standard InChI is InChI=1S/C23H20ClF3N6O2S/c1-33-23-14(19(32-33)20(26)27)7-18(36-23)22(35)28-9-17(11-4-12(24)6-13(25)5-11)29-21(34)16-8-15(30-31-16)10-2-3-10/h4-8,10,17,20H,2-3,9H2,1H3,(H,28,35)(H,29,34)(H,30,31). The van der Waals surface area contributed by atoms with Crippen LogP contribution in [0.15, 0.2) is 30.3 Å². The fourth-order valence-electron chi connectivity index (χ4n) is 3.94. The molecule has 36 heavy (non-hydrogen) atoms. The van der Waals surface area contributed by atoms with E-state index in [4.69, 9.17) is 11.6 Å². The molecule has 188 valence electrons. The highest BCUT2D eigenvalue weighted by Gasteiger charge is 2.28. The Hall–Kier alpha value is -3.38. The van der Waals surface area contributed by atoms with Crippen LogP contribution in [0.1, 0.15) is 68.3 Å². The first-order valence-corrected chi connectivity index (χ1v) is 12.2. The summed E-state index contributed by atoms with van der Waals surface area (Å²) in [6.07, 6.45) is -0.711. The summed E-state index contributed by atoms with van der Waals surface area (Å²) in [6.45, 7) is -0.113. The Kier molecular flexibility index (Phi) is 6.47. The summed E-state index contributed by atoms with van der Waals surface area (Å²) in [5, 5.41) is 16.5. The zero-order valence-corrected chi connectivity index (χ0v) is 20.4. The van der Waals surface area contributed by atoms with Crippen molar-refractivity contribution in [3.63, 3.8) is 0 Å². The van der Waals surface area contributed by atoms with Crippen molar-refractivity contribution < 1.29 is 22.8 Å². The lowest BCUT2D eigenvalue weighted by Gasteiger charge is -2.20. The number of thiophene rings is 1. The highest BCUT2D eigenvalue weighted by Crippen LogP contribution is 2.39. The lowest BCUT2D eigenvalue weighted by molar-refractivity contribution is 0.0907. The summed E-state index contributed by atoms with van der Waals surface area (Å²) in [5.74, 6) is -1.27. The average molecular weight is 537 g/mol. The van der Waals surface area contributed by atoms with E-state index in [1.54, 1.807) is 6.07 Å². The molecule has 1 fully saturated rings. The molecule has 2 amide bonds. The van der Waals surface area contributed by atoms with Gasteiger partial charge in [-0.2, -0.15) is 10.2 Å². The Morgan fingerprint density at radius 1 is 1.22 bits per heavy atom. The quantitative estimate of drug-likeness (QED) is 0.299. The van der Waals surface area contributed by atoms with Crippen LogP contribution >= 0.6 is 22.9 Å². The molecule has 8 nitrogen and oxygen atoms in total. The van der Waals surface area contributed by atoms with Crippen LogP contribution in [-0.4, -0.2) is 38.3 Å². The number of amides is 2. The van der Waals surface area contributed by atoms with Gasteiger partial charge in [-0.05, 0) is 48.7 Å². The van der Waals surface area contributed by atoms with Crippen molar-refractivity contribution in [2.45, 2.75) is 31.2 Å². The third-order valence-electron chi connectivity index (χ3n) is 5.88. The Morgan fingerprint density at radius 3 is 2.69 bits per heavy atom. The molecule has 0 bridgehead atoms. The van der Waals surface area contributed by atoms with Crippen LogP contribution < -0.4 is 10.6 Å². The zero-order chi connectivity index (χ0) is 25.6. The minimum absolute atomic E-state index is 0.113. The summed E-state index contributed by atoms with van der Waals surface area (Å²) >= 11 is 7.03. The Bertz CT molecular complexity index is 1440. The van der Waals surface area contributed by atoms with E-state index in [2.05, 4.69) is 25.9 Å². The van der Waals surface area contributed by atoms with Gasteiger partial charge in [-0.25, -0.2) is 13.2 Å². The second-order valence-electron chi connectivity index (χ2n) is 8.56. The van der Waals surface area contributed by atoms with Crippen LogP contribution in [0, 0.1) is 5.82 Å². The van der Waals surface area contributed by atoms with E-state index in [-0.39, 0.29) is 27.5 Å². The van der Waals surface area contributed by atoms with Crippen molar-refractivity contribution in [2.24, 2.45) is 7.05 Å². The maximum absolute atomic E-state index is 14.1. The van der Waals surface area contributed by atoms with E-state index >= 15 is 0 Å². The highest BCUT2D eigenvalue weighted by molar-refractivity contribution is 7.20. The maximum atomic E-state index is 14.1. The molecule has 3 heterocycles. The van der Waals surface area contributed by atoms with Crippen LogP contribution in [0.5, 0.6) is 0 Å². The predicted octanol–water partition coefficient (Wildman–Crippen LogP) is 4.87. The van der Waals surface area contributed by atoms with Gasteiger partial charge in [-0.3, -0.25) is 19.4 Å². The van der Waals surface area contributed by atoms with Gasteiger partial charge < -0.3 is 10.6 Å². The van der Waals surface area contributed by atoms with Crippen molar-refractivity contribution in [1.29, 1.82) is 0 Å². The van der Waals surface area contributed by atoms with Crippen molar-refractivity contribution in [1.82, 2.24) is 30.6 Å². The fourth-order valence-corrected chi connectivity index (χ4v) is 5.16. The minimum atomic E-state index is -2.78. The average Bonchev–Trinajstić information content (AvgIpc) is 3.25. The Morgan fingerprint density at radius 2 is 2.00 bits per heavy atom. The lowest BCUT2D eigenvalue weighted by atomic mass is 10.1. The number of aromatic amines is 1. The number of fused-ring (bicyclic) bond motifs is 1. The largest absolute Gasteiger partial charge is 0.349 e. The van der Waals surface area contributed by atoms with Gasteiger partial charge in [0.1, 0.15) is 22.0 Å². The Balaban J connectivity index is 1.35. The molecular weight excluding hydrogens is 517 g/mol. The van der Waals surface area contributed by atoms with Gasteiger partial charge in [0.15, 0.2) is 0 Å². The number of hydrogen-bond acceptors (Lipinski definition) is 5. The summed E-state index contributed by atoms with van der Waals surface area (Å²) in [6, 6.07) is 6.02. The molecule has 4 aromatic rings. The van der Waals surface area contributed by atoms with Crippen molar-refractivity contribution >= 4 is 45.0 Å². The molecule has 13 heteroatoms. The SMILES string of the molecule is Cn1nc(C(F)F)c2cc(C(=O)NCC(NC(=O)c3cc(C4CC4)[nH]n3)c3cc(F)cc(Cl)c3)sc21. The molecule has 0 saturated heterocycles. The molecule has 1 aliphatic rings. The van der Waals surface area contributed by atoms with Gasteiger partial charge in [-0.15, -0.1) is 11.3 Å². The summed E-state index contributed by atoms with van der Waals surface area (Å²) in [5.41, 5.74) is 0.993. The molecule has 1 atom stereocenters. The molecule has 5 rings (SSSR count). The molecular formula is C23H20ClF3N6O2S. The second kappa shape index (κ2) is 9.58. The zero-order valence-electron chi connectivity index (χ0n) is 18.8. The van der Waals surface area contributed by atoms with Crippen LogP contribution in [0.4, 0.5) is 13.2 Å². The molecule has 1 aromatic carbocycles.